The first-order valence-electron chi connectivity index (χ1n) is 5.82. The van der Waals surface area contributed by atoms with Crippen molar-refractivity contribution in [2.24, 2.45) is 0 Å². The maximum atomic E-state index is 12.0. The van der Waals surface area contributed by atoms with Gasteiger partial charge in [-0.3, -0.25) is 9.78 Å². The fraction of sp³-hybridized carbons (Fsp3) is 0.143. The molecule has 0 radical (unpaired) electrons. The number of nitrogens with two attached hydrogens (primary N) is 1. The smallest absolute Gasteiger partial charge is 0.251 e. The highest BCUT2D eigenvalue weighted by Gasteiger charge is 2.08. The summed E-state index contributed by atoms with van der Waals surface area (Å²) in [5.41, 5.74) is 7.51. The minimum absolute atomic E-state index is 0.191. The normalized spacial score (nSPS) is 9.95. The lowest BCUT2D eigenvalue weighted by Crippen LogP contribution is -2.23. The van der Waals surface area contributed by atoms with Gasteiger partial charge in [0.2, 0.25) is 0 Å². The quantitative estimate of drug-likeness (QED) is 0.816. The van der Waals surface area contributed by atoms with Crippen LogP contribution in [0.1, 0.15) is 16.1 Å². The van der Waals surface area contributed by atoms with Crippen LogP contribution in [0.15, 0.2) is 42.6 Å². The van der Waals surface area contributed by atoms with Gasteiger partial charge >= 0.3 is 0 Å². The Morgan fingerprint density at radius 3 is 2.89 bits per heavy atom. The van der Waals surface area contributed by atoms with E-state index in [0.29, 0.717) is 23.5 Å². The zero-order chi connectivity index (χ0) is 13.7. The van der Waals surface area contributed by atoms with Crippen molar-refractivity contribution < 1.29 is 9.53 Å². The van der Waals surface area contributed by atoms with Gasteiger partial charge in [0.1, 0.15) is 5.75 Å². The van der Waals surface area contributed by atoms with E-state index in [-0.39, 0.29) is 5.91 Å². The average Bonchev–Trinajstić information content (AvgIpc) is 2.46. The van der Waals surface area contributed by atoms with E-state index < -0.39 is 0 Å². The third-order valence-corrected chi connectivity index (χ3v) is 2.65. The highest BCUT2D eigenvalue weighted by atomic mass is 16.5. The maximum absolute atomic E-state index is 12.0. The van der Waals surface area contributed by atoms with Crippen LogP contribution in [-0.4, -0.2) is 18.0 Å². The monoisotopic (exact) mass is 257 g/mol. The van der Waals surface area contributed by atoms with Crippen LogP contribution in [0.25, 0.3) is 0 Å². The highest BCUT2D eigenvalue weighted by Crippen LogP contribution is 2.21. The number of methoxy groups -OCH3 is 1. The van der Waals surface area contributed by atoms with Crippen LogP contribution in [0.3, 0.4) is 0 Å². The van der Waals surface area contributed by atoms with Crippen LogP contribution in [-0.2, 0) is 6.54 Å². The molecule has 0 bridgehead atoms. The number of nitrogens with one attached hydrogen (secondary N) is 1. The van der Waals surface area contributed by atoms with Gasteiger partial charge in [-0.1, -0.05) is 6.07 Å². The fourth-order valence-corrected chi connectivity index (χ4v) is 1.63. The van der Waals surface area contributed by atoms with E-state index in [9.17, 15) is 4.79 Å². The minimum atomic E-state index is -0.191. The fourth-order valence-electron chi connectivity index (χ4n) is 1.63. The molecule has 1 heterocycles. The number of hydrogen-bond acceptors (Lipinski definition) is 4. The van der Waals surface area contributed by atoms with Crippen LogP contribution < -0.4 is 15.8 Å². The van der Waals surface area contributed by atoms with Gasteiger partial charge in [-0.05, 0) is 30.3 Å². The van der Waals surface area contributed by atoms with Gasteiger partial charge in [0, 0.05) is 11.8 Å². The molecule has 3 N–H and O–H groups in total. The molecular formula is C14H15N3O2. The number of rotatable bonds is 4. The summed E-state index contributed by atoms with van der Waals surface area (Å²) in [5.74, 6) is 0.300. The predicted octanol–water partition coefficient (Wildman–Crippen LogP) is 1.60. The van der Waals surface area contributed by atoms with Gasteiger partial charge in [0.05, 0.1) is 25.0 Å². The number of carbonyl (C=O) groups excluding carboxylic acids is 1. The topological polar surface area (TPSA) is 77.2 Å². The van der Waals surface area contributed by atoms with Crippen molar-refractivity contribution in [1.29, 1.82) is 0 Å². The van der Waals surface area contributed by atoms with E-state index in [1.54, 1.807) is 24.4 Å². The summed E-state index contributed by atoms with van der Waals surface area (Å²) in [6, 6.07) is 10.5. The van der Waals surface area contributed by atoms with Crippen LogP contribution in [0.2, 0.25) is 0 Å². The first kappa shape index (κ1) is 12.9. The van der Waals surface area contributed by atoms with Crippen LogP contribution in [0, 0.1) is 0 Å². The van der Waals surface area contributed by atoms with Gasteiger partial charge in [0.15, 0.2) is 0 Å². The van der Waals surface area contributed by atoms with Gasteiger partial charge < -0.3 is 15.8 Å². The number of nitrogen functional groups attached to an aromatic ring is 1. The number of anilines is 1. The number of nitrogens with zero attached hydrogens (tertiary/aromatic N) is 1. The molecule has 1 aromatic carbocycles. The van der Waals surface area contributed by atoms with Crippen LogP contribution >= 0.6 is 0 Å². The molecule has 1 amide bonds. The Labute approximate surface area is 111 Å². The van der Waals surface area contributed by atoms with E-state index >= 15 is 0 Å². The van der Waals surface area contributed by atoms with Gasteiger partial charge in [-0.2, -0.15) is 0 Å². The van der Waals surface area contributed by atoms with E-state index in [2.05, 4.69) is 10.3 Å². The number of carbonyl (C=O) groups is 1. The molecule has 0 fully saturated rings. The lowest BCUT2D eigenvalue weighted by Gasteiger charge is -2.08. The van der Waals surface area contributed by atoms with Gasteiger partial charge in [-0.15, -0.1) is 0 Å². The van der Waals surface area contributed by atoms with Crippen molar-refractivity contribution in [2.75, 3.05) is 12.8 Å². The Hall–Kier alpha value is -2.56. The lowest BCUT2D eigenvalue weighted by molar-refractivity contribution is 0.0950. The first-order valence-corrected chi connectivity index (χ1v) is 5.82. The number of amides is 1. The Bertz CT molecular complexity index is 570. The van der Waals surface area contributed by atoms with Crippen molar-refractivity contribution in [1.82, 2.24) is 10.3 Å². The Morgan fingerprint density at radius 2 is 2.21 bits per heavy atom. The molecule has 0 aliphatic carbocycles. The first-order chi connectivity index (χ1) is 9.20. The standard InChI is InChI=1S/C14H15N3O2/c1-19-13-8-10(5-6-12(13)15)14(18)17-9-11-4-2-3-7-16-11/h2-8H,9,15H2,1H3,(H,17,18). The number of pyridine rings is 1. The van der Waals surface area contributed by atoms with Crippen molar-refractivity contribution >= 4 is 11.6 Å². The number of ether oxygens (including phenoxy) is 1. The second-order valence-corrected chi connectivity index (χ2v) is 3.96. The molecule has 0 saturated carbocycles. The average molecular weight is 257 g/mol. The summed E-state index contributed by atoms with van der Waals surface area (Å²) in [5, 5.41) is 2.79. The van der Waals surface area contributed by atoms with Gasteiger partial charge in [0.25, 0.3) is 5.91 Å². The van der Waals surface area contributed by atoms with E-state index in [1.807, 2.05) is 18.2 Å². The molecule has 0 aliphatic rings. The molecule has 0 atom stereocenters. The molecule has 5 nitrogen and oxygen atoms in total. The maximum Gasteiger partial charge on any atom is 0.251 e. The van der Waals surface area contributed by atoms with Crippen molar-refractivity contribution in [3.63, 3.8) is 0 Å². The second-order valence-electron chi connectivity index (χ2n) is 3.96. The molecule has 0 aliphatic heterocycles. The Kier molecular flexibility index (Phi) is 3.97. The van der Waals surface area contributed by atoms with Crippen LogP contribution in [0.5, 0.6) is 5.75 Å². The molecule has 1 aromatic heterocycles. The minimum Gasteiger partial charge on any atom is -0.495 e. The largest absolute Gasteiger partial charge is 0.495 e. The molecule has 0 unspecified atom stereocenters. The lowest BCUT2D eigenvalue weighted by atomic mass is 10.1. The summed E-state index contributed by atoms with van der Waals surface area (Å²) in [6.45, 7) is 0.381. The third kappa shape index (κ3) is 3.22. The zero-order valence-corrected chi connectivity index (χ0v) is 10.6. The number of aromatic nitrogens is 1. The van der Waals surface area contributed by atoms with Crippen LogP contribution in [0.4, 0.5) is 5.69 Å². The molecule has 98 valence electrons. The molecule has 2 aromatic rings. The molecule has 0 spiro atoms. The second kappa shape index (κ2) is 5.86. The SMILES string of the molecule is COc1cc(C(=O)NCc2ccccn2)ccc1N. The van der Waals surface area contributed by atoms with Crippen molar-refractivity contribution in [2.45, 2.75) is 6.54 Å². The number of hydrogen-bond donors (Lipinski definition) is 2. The zero-order valence-electron chi connectivity index (χ0n) is 10.6. The summed E-state index contributed by atoms with van der Waals surface area (Å²) < 4.78 is 5.08. The predicted molar refractivity (Wildman–Crippen MR) is 72.8 cm³/mol. The van der Waals surface area contributed by atoms with E-state index in [4.69, 9.17) is 10.5 Å². The van der Waals surface area contributed by atoms with E-state index in [1.165, 1.54) is 7.11 Å². The number of benzene rings is 1. The summed E-state index contributed by atoms with van der Waals surface area (Å²) >= 11 is 0. The molecular weight excluding hydrogens is 242 g/mol. The summed E-state index contributed by atoms with van der Waals surface area (Å²) in [4.78, 5) is 16.1. The van der Waals surface area contributed by atoms with Crippen molar-refractivity contribution in [3.8, 4) is 5.75 Å². The van der Waals surface area contributed by atoms with E-state index in [0.717, 1.165) is 5.69 Å². The van der Waals surface area contributed by atoms with Crippen molar-refractivity contribution in [3.05, 3.63) is 53.9 Å². The highest BCUT2D eigenvalue weighted by molar-refractivity contribution is 5.95. The Balaban J connectivity index is 2.04. The molecule has 0 saturated heterocycles. The molecule has 19 heavy (non-hydrogen) atoms. The summed E-state index contributed by atoms with van der Waals surface area (Å²) in [6.07, 6.45) is 1.69. The molecule has 5 heteroatoms. The third-order valence-electron chi connectivity index (χ3n) is 2.65. The Morgan fingerprint density at radius 1 is 1.37 bits per heavy atom. The summed E-state index contributed by atoms with van der Waals surface area (Å²) in [7, 11) is 1.52. The van der Waals surface area contributed by atoms with Gasteiger partial charge in [-0.25, -0.2) is 0 Å². The molecule has 2 rings (SSSR count).